The summed E-state index contributed by atoms with van der Waals surface area (Å²) in [7, 11) is 1.50. The SMILES string of the molecule is COc1ccc(-c2c(C)c3cc(OC(=O)COc4c(F)c(F)c(F)c(F)c4F)ccc3oc2=O)cc1. The summed E-state index contributed by atoms with van der Waals surface area (Å²) in [5.74, 6) is -13.5. The van der Waals surface area contributed by atoms with E-state index in [0.29, 0.717) is 22.3 Å². The number of aryl methyl sites for hydroxylation is 1. The molecular weight excluding hydrogens is 491 g/mol. The Kier molecular flexibility index (Phi) is 6.65. The highest BCUT2D eigenvalue weighted by molar-refractivity contribution is 5.88. The molecule has 0 unspecified atom stereocenters. The largest absolute Gasteiger partial charge is 0.497 e. The van der Waals surface area contributed by atoms with Crippen LogP contribution >= 0.6 is 0 Å². The van der Waals surface area contributed by atoms with E-state index in [1.807, 2.05) is 0 Å². The van der Waals surface area contributed by atoms with Gasteiger partial charge in [-0.2, -0.15) is 8.78 Å². The molecule has 4 rings (SSSR count). The Morgan fingerprint density at radius 1 is 0.861 bits per heavy atom. The van der Waals surface area contributed by atoms with Crippen LogP contribution in [0.25, 0.3) is 22.1 Å². The van der Waals surface area contributed by atoms with Crippen molar-refractivity contribution in [1.82, 2.24) is 0 Å². The quantitative estimate of drug-likeness (QED) is 0.0864. The fourth-order valence-corrected chi connectivity index (χ4v) is 3.49. The highest BCUT2D eigenvalue weighted by atomic mass is 19.2. The highest BCUT2D eigenvalue weighted by Gasteiger charge is 2.27. The summed E-state index contributed by atoms with van der Waals surface area (Å²) in [5, 5.41) is 0.423. The van der Waals surface area contributed by atoms with Crippen LogP contribution in [0.15, 0.2) is 51.7 Å². The minimum atomic E-state index is -2.35. The summed E-state index contributed by atoms with van der Waals surface area (Å²) in [6.07, 6.45) is 0. The summed E-state index contributed by atoms with van der Waals surface area (Å²) in [5.41, 5.74) is 0.950. The van der Waals surface area contributed by atoms with Crippen molar-refractivity contribution < 1.29 is 45.4 Å². The van der Waals surface area contributed by atoms with Crippen LogP contribution in [0, 0.1) is 36.0 Å². The summed E-state index contributed by atoms with van der Waals surface area (Å²) >= 11 is 0. The molecule has 0 fully saturated rings. The molecule has 1 heterocycles. The molecule has 11 heteroatoms. The molecule has 0 N–H and O–H groups in total. The standard InChI is InChI=1S/C25H15F5O6/c1-11-15-9-14(35-17(31)10-34-24-22(29)20(27)19(26)21(28)23(24)30)7-8-16(15)36-25(32)18(11)12-3-5-13(33-2)6-4-12/h3-9H,10H2,1-2H3. The van der Waals surface area contributed by atoms with Crippen molar-refractivity contribution >= 4 is 16.9 Å². The van der Waals surface area contributed by atoms with Gasteiger partial charge in [-0.15, -0.1) is 0 Å². The van der Waals surface area contributed by atoms with Gasteiger partial charge < -0.3 is 18.6 Å². The molecule has 0 radical (unpaired) electrons. The number of fused-ring (bicyclic) bond motifs is 1. The summed E-state index contributed by atoms with van der Waals surface area (Å²) in [4.78, 5) is 24.7. The monoisotopic (exact) mass is 506 g/mol. The highest BCUT2D eigenvalue weighted by Crippen LogP contribution is 2.31. The molecule has 0 spiro atoms. The van der Waals surface area contributed by atoms with Gasteiger partial charge >= 0.3 is 11.6 Å². The lowest BCUT2D eigenvalue weighted by atomic mass is 9.99. The molecule has 1 aromatic heterocycles. The first-order chi connectivity index (χ1) is 17.1. The zero-order valence-electron chi connectivity index (χ0n) is 18.6. The number of benzene rings is 3. The third kappa shape index (κ3) is 4.47. The Bertz CT molecular complexity index is 1520. The fraction of sp³-hybridized carbons (Fsp3) is 0.120. The topological polar surface area (TPSA) is 75.0 Å². The number of methoxy groups -OCH3 is 1. The third-order valence-corrected chi connectivity index (χ3v) is 5.25. The summed E-state index contributed by atoms with van der Waals surface area (Å²) < 4.78 is 87.2. The van der Waals surface area contributed by atoms with E-state index in [9.17, 15) is 31.5 Å². The molecule has 0 saturated carbocycles. The van der Waals surface area contributed by atoms with Crippen molar-refractivity contribution in [3.8, 4) is 28.4 Å². The second-order valence-electron chi connectivity index (χ2n) is 7.44. The van der Waals surface area contributed by atoms with Crippen molar-refractivity contribution in [3.05, 3.63) is 87.5 Å². The van der Waals surface area contributed by atoms with Crippen LogP contribution in [0.1, 0.15) is 5.56 Å². The zero-order chi connectivity index (χ0) is 26.1. The minimum Gasteiger partial charge on any atom is -0.497 e. The van der Waals surface area contributed by atoms with Gasteiger partial charge in [0, 0.05) is 5.39 Å². The van der Waals surface area contributed by atoms with Gasteiger partial charge in [-0.3, -0.25) is 0 Å². The maximum Gasteiger partial charge on any atom is 0.349 e. The molecule has 186 valence electrons. The number of rotatable bonds is 6. The van der Waals surface area contributed by atoms with E-state index in [2.05, 4.69) is 4.74 Å². The Morgan fingerprint density at radius 2 is 1.44 bits per heavy atom. The van der Waals surface area contributed by atoms with Gasteiger partial charge in [0.1, 0.15) is 17.1 Å². The molecule has 0 atom stereocenters. The predicted octanol–water partition coefficient (Wildman–Crippen LogP) is 5.46. The van der Waals surface area contributed by atoms with Crippen LogP contribution in [0.4, 0.5) is 22.0 Å². The van der Waals surface area contributed by atoms with Crippen LogP contribution in [0.3, 0.4) is 0 Å². The van der Waals surface area contributed by atoms with E-state index in [4.69, 9.17) is 13.9 Å². The number of carbonyl (C=O) groups excluding carboxylic acids is 1. The van der Waals surface area contributed by atoms with Gasteiger partial charge in [0.15, 0.2) is 12.4 Å². The number of ether oxygens (including phenoxy) is 3. The lowest BCUT2D eigenvalue weighted by Crippen LogP contribution is -2.19. The van der Waals surface area contributed by atoms with Crippen molar-refractivity contribution in [2.75, 3.05) is 13.7 Å². The lowest BCUT2D eigenvalue weighted by Gasteiger charge is -2.11. The zero-order valence-corrected chi connectivity index (χ0v) is 18.6. The molecular formula is C25H15F5O6. The van der Waals surface area contributed by atoms with Crippen molar-refractivity contribution in [2.24, 2.45) is 0 Å². The fourth-order valence-electron chi connectivity index (χ4n) is 3.49. The Hall–Kier alpha value is -4.41. The van der Waals surface area contributed by atoms with Crippen molar-refractivity contribution in [3.63, 3.8) is 0 Å². The normalized spacial score (nSPS) is 11.0. The van der Waals surface area contributed by atoms with Crippen LogP contribution in [-0.4, -0.2) is 19.7 Å². The number of halogens is 5. The van der Waals surface area contributed by atoms with E-state index in [1.54, 1.807) is 31.2 Å². The Labute approximate surface area is 199 Å². The first-order valence-corrected chi connectivity index (χ1v) is 10.2. The Balaban J connectivity index is 1.59. The molecule has 4 aromatic rings. The van der Waals surface area contributed by atoms with Crippen LogP contribution in [0.2, 0.25) is 0 Å². The number of hydrogen-bond acceptors (Lipinski definition) is 6. The van der Waals surface area contributed by atoms with Crippen molar-refractivity contribution in [1.29, 1.82) is 0 Å². The molecule has 0 bridgehead atoms. The maximum atomic E-state index is 13.7. The molecule has 6 nitrogen and oxygen atoms in total. The molecule has 3 aromatic carbocycles. The molecule has 0 amide bonds. The van der Waals surface area contributed by atoms with Gasteiger partial charge in [-0.1, -0.05) is 12.1 Å². The molecule has 0 aliphatic heterocycles. The first-order valence-electron chi connectivity index (χ1n) is 10.2. The molecule has 0 aliphatic carbocycles. The van der Waals surface area contributed by atoms with Gasteiger partial charge in [-0.05, 0) is 48.4 Å². The smallest absolute Gasteiger partial charge is 0.349 e. The van der Waals surface area contributed by atoms with E-state index in [-0.39, 0.29) is 16.9 Å². The average Bonchev–Trinajstić information content (AvgIpc) is 2.87. The van der Waals surface area contributed by atoms with Gasteiger partial charge in [0.05, 0.1) is 12.7 Å². The number of hydrogen-bond donors (Lipinski definition) is 0. The minimum absolute atomic E-state index is 0.0499. The summed E-state index contributed by atoms with van der Waals surface area (Å²) in [6, 6.07) is 10.7. The van der Waals surface area contributed by atoms with E-state index in [1.165, 1.54) is 25.3 Å². The third-order valence-electron chi connectivity index (χ3n) is 5.25. The van der Waals surface area contributed by atoms with E-state index in [0.717, 1.165) is 0 Å². The molecule has 0 aliphatic rings. The maximum absolute atomic E-state index is 13.7. The molecule has 0 saturated heterocycles. The predicted molar refractivity (Wildman–Crippen MR) is 117 cm³/mol. The second kappa shape index (κ2) is 9.68. The second-order valence-corrected chi connectivity index (χ2v) is 7.44. The van der Waals surface area contributed by atoms with Crippen LogP contribution in [0.5, 0.6) is 17.2 Å². The van der Waals surface area contributed by atoms with Gasteiger partial charge in [0.25, 0.3) is 0 Å². The van der Waals surface area contributed by atoms with Gasteiger partial charge in [0.2, 0.25) is 29.1 Å². The lowest BCUT2D eigenvalue weighted by molar-refractivity contribution is -0.136. The van der Waals surface area contributed by atoms with Crippen molar-refractivity contribution in [2.45, 2.75) is 6.92 Å². The van der Waals surface area contributed by atoms with E-state index >= 15 is 0 Å². The van der Waals surface area contributed by atoms with Gasteiger partial charge in [-0.25, -0.2) is 22.8 Å². The van der Waals surface area contributed by atoms with E-state index < -0.39 is 53.0 Å². The van der Waals surface area contributed by atoms with Crippen LogP contribution < -0.4 is 19.8 Å². The summed E-state index contributed by atoms with van der Waals surface area (Å²) in [6.45, 7) is 0.507. The first kappa shape index (κ1) is 24.7. The average molecular weight is 506 g/mol. The number of esters is 1. The Morgan fingerprint density at radius 3 is 2.06 bits per heavy atom. The number of carbonyl (C=O) groups is 1. The molecule has 36 heavy (non-hydrogen) atoms. The van der Waals surface area contributed by atoms with Crippen LogP contribution in [-0.2, 0) is 4.79 Å².